The lowest BCUT2D eigenvalue weighted by Gasteiger charge is -2.18. The lowest BCUT2D eigenvalue weighted by atomic mass is 9.90. The van der Waals surface area contributed by atoms with Crippen LogP contribution in [0.5, 0.6) is 0 Å². The highest BCUT2D eigenvalue weighted by Gasteiger charge is 2.17. The number of benzene rings is 1. The van der Waals surface area contributed by atoms with Crippen molar-refractivity contribution in [3.8, 4) is 0 Å². The van der Waals surface area contributed by atoms with Crippen LogP contribution in [-0.2, 0) is 13.0 Å². The smallest absolute Gasteiger partial charge is 0.226 e. The minimum absolute atomic E-state index is 0.380. The summed E-state index contributed by atoms with van der Waals surface area (Å²) in [5.74, 6) is 1.07. The van der Waals surface area contributed by atoms with E-state index in [-0.39, 0.29) is 0 Å². The second-order valence-corrected chi connectivity index (χ2v) is 7.76. The maximum absolute atomic E-state index is 12.2. The van der Waals surface area contributed by atoms with E-state index < -0.39 is 0 Å². The summed E-state index contributed by atoms with van der Waals surface area (Å²) in [7, 11) is 0. The van der Waals surface area contributed by atoms with E-state index in [1.165, 1.54) is 12.8 Å². The second-order valence-electron chi connectivity index (χ2n) is 7.76. The third-order valence-corrected chi connectivity index (χ3v) is 4.58. The molecule has 1 aromatic carbocycles. The van der Waals surface area contributed by atoms with Crippen LogP contribution in [0.4, 0.5) is 0 Å². The third kappa shape index (κ3) is 3.23. The Morgan fingerprint density at radius 1 is 1.17 bits per heavy atom. The van der Waals surface area contributed by atoms with Gasteiger partial charge in [-0.25, -0.2) is 4.98 Å². The predicted molar refractivity (Wildman–Crippen MR) is 98.9 cm³/mol. The van der Waals surface area contributed by atoms with E-state index in [0.29, 0.717) is 10.9 Å². The van der Waals surface area contributed by atoms with Crippen molar-refractivity contribution in [1.82, 2.24) is 9.55 Å². The van der Waals surface area contributed by atoms with E-state index in [1.807, 2.05) is 24.3 Å². The van der Waals surface area contributed by atoms with Gasteiger partial charge in [-0.15, -0.1) is 0 Å². The van der Waals surface area contributed by atoms with Crippen LogP contribution in [0.3, 0.4) is 0 Å². The first-order valence-electron chi connectivity index (χ1n) is 8.91. The molecule has 0 fully saturated rings. The molecule has 2 heterocycles. The number of hydrogen-bond acceptors (Lipinski definition) is 2. The number of aromatic nitrogens is 3. The summed E-state index contributed by atoms with van der Waals surface area (Å²) in [5, 5.41) is 13.2. The van der Waals surface area contributed by atoms with Crippen molar-refractivity contribution in [2.75, 3.05) is 0 Å². The van der Waals surface area contributed by atoms with Crippen LogP contribution < -0.4 is 4.73 Å². The van der Waals surface area contributed by atoms with Crippen LogP contribution in [-0.4, -0.2) is 9.55 Å². The zero-order chi connectivity index (χ0) is 17.3. The maximum atomic E-state index is 12.2. The summed E-state index contributed by atoms with van der Waals surface area (Å²) in [5.41, 5.74) is 3.00. The van der Waals surface area contributed by atoms with Gasteiger partial charge in [0, 0.05) is 19.0 Å². The molecule has 0 saturated heterocycles. The van der Waals surface area contributed by atoms with E-state index in [4.69, 9.17) is 4.98 Å². The molecular formula is C20H27N3O. The van der Waals surface area contributed by atoms with Crippen LogP contribution in [0, 0.1) is 10.6 Å². The van der Waals surface area contributed by atoms with Gasteiger partial charge in [0.05, 0.1) is 10.9 Å². The van der Waals surface area contributed by atoms with Crippen molar-refractivity contribution in [2.24, 2.45) is 5.41 Å². The summed E-state index contributed by atoms with van der Waals surface area (Å²) in [6.45, 7) is 9.95. The van der Waals surface area contributed by atoms with Gasteiger partial charge in [-0.1, -0.05) is 46.2 Å². The molecule has 0 amide bonds. The summed E-state index contributed by atoms with van der Waals surface area (Å²) < 4.78 is 3.26. The summed E-state index contributed by atoms with van der Waals surface area (Å²) in [4.78, 5) is 4.71. The van der Waals surface area contributed by atoms with Gasteiger partial charge in [0.2, 0.25) is 11.7 Å². The molecule has 0 atom stereocenters. The van der Waals surface area contributed by atoms with Gasteiger partial charge in [-0.2, -0.15) is 4.73 Å². The number of para-hydroxylation sites is 1. The average molecular weight is 325 g/mol. The number of fused-ring (bicyclic) bond motifs is 3. The fourth-order valence-electron chi connectivity index (χ4n) is 3.38. The van der Waals surface area contributed by atoms with Crippen LogP contribution in [0.2, 0.25) is 0 Å². The predicted octanol–water partition coefficient (Wildman–Crippen LogP) is 4.60. The first-order chi connectivity index (χ1) is 11.4. The summed E-state index contributed by atoms with van der Waals surface area (Å²) in [6, 6.07) is 7.81. The van der Waals surface area contributed by atoms with Gasteiger partial charge >= 0.3 is 0 Å². The van der Waals surface area contributed by atoms with Gasteiger partial charge in [0.15, 0.2) is 5.52 Å². The third-order valence-electron chi connectivity index (χ3n) is 4.58. The molecule has 0 aliphatic carbocycles. The zero-order valence-electron chi connectivity index (χ0n) is 15.2. The normalized spacial score (nSPS) is 12.3. The SMILES string of the molecule is CCc1nc2c[n+]([O-])c3ccccc3c2n1CCCCC(C)(C)C. The molecule has 4 heteroatoms. The van der Waals surface area contributed by atoms with Crippen molar-refractivity contribution in [2.45, 2.75) is 59.9 Å². The Balaban J connectivity index is 2.01. The average Bonchev–Trinajstić information content (AvgIpc) is 2.88. The maximum Gasteiger partial charge on any atom is 0.226 e. The van der Waals surface area contributed by atoms with Crippen molar-refractivity contribution < 1.29 is 4.73 Å². The molecule has 4 nitrogen and oxygen atoms in total. The Kier molecular flexibility index (Phi) is 4.48. The number of hydrogen-bond donors (Lipinski definition) is 0. The lowest BCUT2D eigenvalue weighted by molar-refractivity contribution is -0.575. The Morgan fingerprint density at radius 2 is 1.92 bits per heavy atom. The van der Waals surface area contributed by atoms with E-state index >= 15 is 0 Å². The molecule has 0 aliphatic heterocycles. The van der Waals surface area contributed by atoms with Crippen molar-refractivity contribution >= 4 is 21.9 Å². The van der Waals surface area contributed by atoms with Gasteiger partial charge in [-0.05, 0) is 24.3 Å². The lowest BCUT2D eigenvalue weighted by Crippen LogP contribution is -2.26. The first-order valence-corrected chi connectivity index (χ1v) is 8.91. The molecule has 0 aliphatic rings. The topological polar surface area (TPSA) is 44.8 Å². The first kappa shape index (κ1) is 16.7. The number of pyridine rings is 1. The molecular weight excluding hydrogens is 298 g/mol. The van der Waals surface area contributed by atoms with Crippen molar-refractivity contribution in [3.63, 3.8) is 0 Å². The Labute approximate surface area is 143 Å². The van der Waals surface area contributed by atoms with Gasteiger partial charge in [-0.3, -0.25) is 0 Å². The largest absolute Gasteiger partial charge is 0.618 e. The molecule has 2 aromatic heterocycles. The van der Waals surface area contributed by atoms with Gasteiger partial charge in [0.25, 0.3) is 0 Å². The monoisotopic (exact) mass is 325 g/mol. The Morgan fingerprint density at radius 3 is 2.62 bits per heavy atom. The minimum Gasteiger partial charge on any atom is -0.618 e. The van der Waals surface area contributed by atoms with E-state index in [0.717, 1.165) is 46.4 Å². The number of aryl methyl sites for hydroxylation is 2. The second kappa shape index (κ2) is 6.42. The van der Waals surface area contributed by atoms with Crippen molar-refractivity contribution in [1.29, 1.82) is 0 Å². The fraction of sp³-hybridized carbons (Fsp3) is 0.500. The van der Waals surface area contributed by atoms with Gasteiger partial charge < -0.3 is 9.77 Å². The summed E-state index contributed by atoms with van der Waals surface area (Å²) in [6.07, 6.45) is 6.06. The molecule has 0 radical (unpaired) electrons. The molecule has 0 saturated carbocycles. The molecule has 3 rings (SSSR count). The highest BCUT2D eigenvalue weighted by molar-refractivity contribution is 6.00. The van der Waals surface area contributed by atoms with E-state index in [9.17, 15) is 5.21 Å². The molecule has 128 valence electrons. The van der Waals surface area contributed by atoms with Crippen molar-refractivity contribution in [3.05, 3.63) is 41.5 Å². The number of nitrogens with zero attached hydrogens (tertiary/aromatic N) is 3. The van der Waals surface area contributed by atoms with E-state index in [1.54, 1.807) is 6.20 Å². The molecule has 3 aromatic rings. The zero-order valence-corrected chi connectivity index (χ0v) is 15.2. The van der Waals surface area contributed by atoms with Crippen LogP contribution in [0.25, 0.3) is 21.9 Å². The number of imidazole rings is 1. The molecule has 24 heavy (non-hydrogen) atoms. The molecule has 0 bridgehead atoms. The van der Waals surface area contributed by atoms with E-state index in [2.05, 4.69) is 32.3 Å². The fourth-order valence-corrected chi connectivity index (χ4v) is 3.38. The van der Waals surface area contributed by atoms with Gasteiger partial charge in [0.1, 0.15) is 5.82 Å². The highest BCUT2D eigenvalue weighted by atomic mass is 16.5. The number of unbranched alkanes of at least 4 members (excludes halogenated alkanes) is 1. The minimum atomic E-state index is 0.380. The molecule has 0 unspecified atom stereocenters. The summed E-state index contributed by atoms with van der Waals surface area (Å²) >= 11 is 0. The Bertz CT molecular complexity index is 859. The van der Waals surface area contributed by atoms with Crippen LogP contribution in [0.1, 0.15) is 52.8 Å². The van der Waals surface area contributed by atoms with Crippen LogP contribution >= 0.6 is 0 Å². The van der Waals surface area contributed by atoms with Crippen LogP contribution in [0.15, 0.2) is 30.5 Å². The standard InChI is InChI=1S/C20H27N3O/c1-5-18-21-16-14-23(24)17-11-7-6-10-15(17)19(16)22(18)13-9-8-12-20(2,3)4/h6-7,10-11,14H,5,8-9,12-13H2,1-4H3. The Hall–Kier alpha value is -2.10. The highest BCUT2D eigenvalue weighted by Crippen LogP contribution is 2.26. The quantitative estimate of drug-likeness (QED) is 0.391. The number of rotatable bonds is 5. The molecule has 0 spiro atoms. The molecule has 0 N–H and O–H groups in total.